The molecule has 0 saturated carbocycles. The molecule has 1 atom stereocenters. The van der Waals surface area contributed by atoms with Gasteiger partial charge in [-0.05, 0) is 57.5 Å². The van der Waals surface area contributed by atoms with Crippen LogP contribution in [0.3, 0.4) is 0 Å². The molecule has 0 aliphatic carbocycles. The minimum Gasteiger partial charge on any atom is -0.493 e. The number of allylic oxidation sites excluding steroid dienone is 1. The van der Waals surface area contributed by atoms with E-state index in [1.54, 1.807) is 38.1 Å². The summed E-state index contributed by atoms with van der Waals surface area (Å²) in [7, 11) is 1.44. The quantitative estimate of drug-likeness (QED) is 0.371. The molecule has 1 N–H and O–H groups in total. The van der Waals surface area contributed by atoms with E-state index in [9.17, 15) is 14.4 Å². The van der Waals surface area contributed by atoms with Crippen molar-refractivity contribution in [2.45, 2.75) is 39.8 Å². The van der Waals surface area contributed by atoms with Crippen LogP contribution in [0.2, 0.25) is 0 Å². The molecule has 10 nitrogen and oxygen atoms in total. The van der Waals surface area contributed by atoms with Crippen LogP contribution >= 0.6 is 11.3 Å². The van der Waals surface area contributed by atoms with Gasteiger partial charge in [0, 0.05) is 5.56 Å². The molecule has 1 aliphatic heterocycles. The van der Waals surface area contributed by atoms with E-state index in [0.29, 0.717) is 37.7 Å². The van der Waals surface area contributed by atoms with E-state index >= 15 is 0 Å². The van der Waals surface area contributed by atoms with Crippen LogP contribution in [0.1, 0.15) is 44.9 Å². The third-order valence-electron chi connectivity index (χ3n) is 5.93. The van der Waals surface area contributed by atoms with Gasteiger partial charge >= 0.3 is 11.9 Å². The SMILES string of the molecule is CCOC(=O)C1=C(C)N=c2s/c(=C/c3ccc(OCC(=O)O)c(OC)c3)c(=O)n2[C@H]1c1ccccc1OC(C)C. The molecule has 0 radical (unpaired) electrons. The van der Waals surface area contributed by atoms with Crippen LogP contribution in [0.5, 0.6) is 17.2 Å². The molecule has 0 spiro atoms. The molecule has 0 unspecified atom stereocenters. The summed E-state index contributed by atoms with van der Waals surface area (Å²) in [5, 5.41) is 8.91. The number of aliphatic carboxylic acids is 1. The largest absolute Gasteiger partial charge is 0.493 e. The van der Waals surface area contributed by atoms with Crippen LogP contribution in [0.4, 0.5) is 0 Å². The van der Waals surface area contributed by atoms with Gasteiger partial charge in [0.1, 0.15) is 11.8 Å². The Bertz CT molecular complexity index is 1650. The molecule has 0 fully saturated rings. The molecule has 0 amide bonds. The van der Waals surface area contributed by atoms with Crippen LogP contribution in [-0.4, -0.2) is 48.0 Å². The average Bonchev–Trinajstić information content (AvgIpc) is 3.21. The summed E-state index contributed by atoms with van der Waals surface area (Å²) in [5.41, 5.74) is 1.65. The summed E-state index contributed by atoms with van der Waals surface area (Å²) in [5.74, 6) is -0.528. The molecular formula is C29H30N2O8S. The van der Waals surface area contributed by atoms with Gasteiger partial charge in [-0.2, -0.15) is 0 Å². The van der Waals surface area contributed by atoms with Gasteiger partial charge in [-0.3, -0.25) is 9.36 Å². The summed E-state index contributed by atoms with van der Waals surface area (Å²) in [6.45, 7) is 6.91. The first kappa shape index (κ1) is 28.6. The van der Waals surface area contributed by atoms with E-state index < -0.39 is 24.6 Å². The van der Waals surface area contributed by atoms with Gasteiger partial charge in [-0.25, -0.2) is 14.6 Å². The molecule has 1 aliphatic rings. The highest BCUT2D eigenvalue weighted by Gasteiger charge is 2.35. The number of esters is 1. The minimum absolute atomic E-state index is 0.134. The lowest BCUT2D eigenvalue weighted by molar-refractivity contribution is -0.140. The van der Waals surface area contributed by atoms with Crippen LogP contribution in [0.15, 0.2) is 63.5 Å². The highest BCUT2D eigenvalue weighted by Crippen LogP contribution is 2.36. The van der Waals surface area contributed by atoms with Gasteiger partial charge in [0.2, 0.25) is 0 Å². The van der Waals surface area contributed by atoms with E-state index in [0.717, 1.165) is 0 Å². The molecule has 1 aromatic heterocycles. The summed E-state index contributed by atoms with van der Waals surface area (Å²) in [6.07, 6.45) is 1.55. The normalized spacial score (nSPS) is 14.9. The molecule has 2 aromatic carbocycles. The number of carboxylic acids is 1. The number of carboxylic acid groups (broad SMARTS) is 1. The first-order valence-corrected chi connectivity index (χ1v) is 13.4. The fourth-order valence-electron chi connectivity index (χ4n) is 4.34. The smallest absolute Gasteiger partial charge is 0.341 e. The fourth-order valence-corrected chi connectivity index (χ4v) is 5.38. The zero-order chi connectivity index (χ0) is 29.0. The standard InChI is InChI=1S/C29H30N2O8S/c1-6-37-28(35)25-17(4)30-29-31(26(25)19-9-7-8-10-20(19)39-16(2)3)27(34)23(40-29)14-18-11-12-21(22(13-18)36-5)38-15-24(32)33/h7-14,16,26H,6,15H2,1-5H3,(H,32,33)/b23-14+/t26-/m0/s1. The number of ether oxygens (including phenoxy) is 4. The highest BCUT2D eigenvalue weighted by atomic mass is 32.1. The summed E-state index contributed by atoms with van der Waals surface area (Å²) >= 11 is 1.19. The van der Waals surface area contributed by atoms with Crippen molar-refractivity contribution in [1.82, 2.24) is 4.57 Å². The van der Waals surface area contributed by atoms with E-state index in [4.69, 9.17) is 24.1 Å². The maximum atomic E-state index is 13.9. The lowest BCUT2D eigenvalue weighted by Crippen LogP contribution is -2.40. The first-order valence-electron chi connectivity index (χ1n) is 12.6. The molecule has 11 heteroatoms. The topological polar surface area (TPSA) is 126 Å². The van der Waals surface area contributed by atoms with Crippen molar-refractivity contribution in [2.75, 3.05) is 20.3 Å². The Kier molecular flexibility index (Phi) is 8.73. The number of hydrogen-bond donors (Lipinski definition) is 1. The number of rotatable bonds is 10. The van der Waals surface area contributed by atoms with Gasteiger partial charge in [0.05, 0.1) is 35.6 Å². The maximum absolute atomic E-state index is 13.9. The highest BCUT2D eigenvalue weighted by molar-refractivity contribution is 7.07. The van der Waals surface area contributed by atoms with Crippen molar-refractivity contribution in [1.29, 1.82) is 0 Å². The Morgan fingerprint density at radius 2 is 1.90 bits per heavy atom. The van der Waals surface area contributed by atoms with E-state index in [1.807, 2.05) is 38.1 Å². The number of carbonyl (C=O) groups excluding carboxylic acids is 1. The number of thiazole rings is 1. The van der Waals surface area contributed by atoms with Crippen molar-refractivity contribution in [3.05, 3.63) is 84.5 Å². The predicted octanol–water partition coefficient (Wildman–Crippen LogP) is 3.06. The number of carbonyl (C=O) groups is 2. The number of aromatic nitrogens is 1. The average molecular weight is 567 g/mol. The zero-order valence-corrected chi connectivity index (χ0v) is 23.6. The lowest BCUT2D eigenvalue weighted by atomic mass is 9.95. The van der Waals surface area contributed by atoms with Crippen LogP contribution in [0, 0.1) is 0 Å². The molecule has 4 rings (SSSR count). The molecular weight excluding hydrogens is 536 g/mol. The molecule has 40 heavy (non-hydrogen) atoms. The van der Waals surface area contributed by atoms with Gasteiger partial charge in [-0.15, -0.1) is 0 Å². The van der Waals surface area contributed by atoms with E-state index in [2.05, 4.69) is 4.99 Å². The van der Waals surface area contributed by atoms with Gasteiger partial charge in [0.25, 0.3) is 5.56 Å². The Hall–Kier alpha value is -4.38. The zero-order valence-electron chi connectivity index (χ0n) is 22.8. The first-order chi connectivity index (χ1) is 19.1. The summed E-state index contributed by atoms with van der Waals surface area (Å²) in [6, 6.07) is 11.4. The Morgan fingerprint density at radius 1 is 1.15 bits per heavy atom. The number of fused-ring (bicyclic) bond motifs is 1. The lowest BCUT2D eigenvalue weighted by Gasteiger charge is -2.26. The summed E-state index contributed by atoms with van der Waals surface area (Å²) in [4.78, 5) is 43.0. The van der Waals surface area contributed by atoms with E-state index in [1.165, 1.54) is 23.0 Å². The van der Waals surface area contributed by atoms with Crippen molar-refractivity contribution >= 4 is 29.4 Å². The van der Waals surface area contributed by atoms with Crippen LogP contribution in [0.25, 0.3) is 6.08 Å². The Labute approximate surface area is 234 Å². The second-order valence-electron chi connectivity index (χ2n) is 9.10. The maximum Gasteiger partial charge on any atom is 0.341 e. The van der Waals surface area contributed by atoms with Gasteiger partial charge in [-0.1, -0.05) is 35.6 Å². The Balaban J connectivity index is 1.89. The number of methoxy groups -OCH3 is 1. The molecule has 0 saturated heterocycles. The monoisotopic (exact) mass is 566 g/mol. The van der Waals surface area contributed by atoms with Crippen LogP contribution in [-0.2, 0) is 14.3 Å². The van der Waals surface area contributed by atoms with Crippen molar-refractivity contribution in [3.8, 4) is 17.2 Å². The number of hydrogen-bond acceptors (Lipinski definition) is 9. The second kappa shape index (κ2) is 12.2. The molecule has 2 heterocycles. The number of para-hydroxylation sites is 1. The van der Waals surface area contributed by atoms with Gasteiger partial charge in [0.15, 0.2) is 22.9 Å². The minimum atomic E-state index is -1.11. The van der Waals surface area contributed by atoms with Crippen molar-refractivity contribution < 1.29 is 33.6 Å². The van der Waals surface area contributed by atoms with Gasteiger partial charge < -0.3 is 24.1 Å². The molecule has 210 valence electrons. The van der Waals surface area contributed by atoms with Crippen molar-refractivity contribution in [2.24, 2.45) is 4.99 Å². The third-order valence-corrected chi connectivity index (χ3v) is 6.91. The molecule has 0 bridgehead atoms. The number of benzene rings is 2. The van der Waals surface area contributed by atoms with Crippen LogP contribution < -0.4 is 29.1 Å². The van der Waals surface area contributed by atoms with Crippen molar-refractivity contribution in [3.63, 3.8) is 0 Å². The fraction of sp³-hybridized carbons (Fsp3) is 0.310. The summed E-state index contributed by atoms with van der Waals surface area (Å²) < 4.78 is 23.9. The van der Waals surface area contributed by atoms with E-state index in [-0.39, 0.29) is 29.6 Å². The predicted molar refractivity (Wildman–Crippen MR) is 149 cm³/mol. The Morgan fingerprint density at radius 3 is 2.58 bits per heavy atom. The number of nitrogens with zero attached hydrogens (tertiary/aromatic N) is 2. The molecule has 3 aromatic rings. The second-order valence-corrected chi connectivity index (χ2v) is 10.1. The third kappa shape index (κ3) is 5.94.